The molecule has 1 aromatic heterocycles. The van der Waals surface area contributed by atoms with Crippen molar-refractivity contribution in [1.29, 1.82) is 0 Å². The molecule has 0 spiro atoms. The number of pyridine rings is 1. The van der Waals surface area contributed by atoms with Gasteiger partial charge in [-0.2, -0.15) is 0 Å². The SMILES string of the molecule is O=C(CC(=O)c1ccccn1)c1c#cc2c(c1)OCCO2. The monoisotopic (exact) mass is 281 g/mol. The molecule has 0 radical (unpaired) electrons. The van der Waals surface area contributed by atoms with E-state index in [2.05, 4.69) is 17.1 Å². The third-order valence-corrected chi connectivity index (χ3v) is 2.97. The molecule has 0 N–H and O–H groups in total. The van der Waals surface area contributed by atoms with E-state index in [0.717, 1.165) is 0 Å². The van der Waals surface area contributed by atoms with E-state index in [4.69, 9.17) is 9.47 Å². The molecule has 5 nitrogen and oxygen atoms in total. The summed E-state index contributed by atoms with van der Waals surface area (Å²) in [4.78, 5) is 28.0. The molecular weight excluding hydrogens is 270 g/mol. The minimum Gasteiger partial charge on any atom is -0.485 e. The smallest absolute Gasteiger partial charge is 0.213 e. The second-order valence-electron chi connectivity index (χ2n) is 4.44. The highest BCUT2D eigenvalue weighted by molar-refractivity contribution is 6.12. The molecule has 1 aliphatic rings. The largest absolute Gasteiger partial charge is 0.485 e. The average molecular weight is 281 g/mol. The van der Waals surface area contributed by atoms with Crippen LogP contribution in [0.15, 0.2) is 30.5 Å². The summed E-state index contributed by atoms with van der Waals surface area (Å²) in [5, 5.41) is 0. The van der Waals surface area contributed by atoms with Gasteiger partial charge in [0.05, 0.1) is 12.0 Å². The zero-order valence-corrected chi connectivity index (χ0v) is 11.1. The molecule has 1 aliphatic heterocycles. The number of carbonyl (C=O) groups is 2. The van der Waals surface area contributed by atoms with Crippen LogP contribution in [0.3, 0.4) is 0 Å². The Labute approximate surface area is 121 Å². The van der Waals surface area contributed by atoms with Crippen LogP contribution in [0.5, 0.6) is 11.5 Å². The van der Waals surface area contributed by atoms with Crippen LogP contribution in [0.2, 0.25) is 0 Å². The molecule has 0 atom stereocenters. The van der Waals surface area contributed by atoms with E-state index >= 15 is 0 Å². The topological polar surface area (TPSA) is 65.5 Å². The van der Waals surface area contributed by atoms with Crippen LogP contribution >= 0.6 is 0 Å². The van der Waals surface area contributed by atoms with Crippen molar-refractivity contribution >= 4 is 11.6 Å². The van der Waals surface area contributed by atoms with Gasteiger partial charge in [-0.1, -0.05) is 12.1 Å². The van der Waals surface area contributed by atoms with Crippen LogP contribution in [-0.2, 0) is 0 Å². The quantitative estimate of drug-likeness (QED) is 0.632. The van der Waals surface area contributed by atoms with Gasteiger partial charge in [-0.3, -0.25) is 14.6 Å². The number of carbonyl (C=O) groups excluding carboxylic acids is 2. The lowest BCUT2D eigenvalue weighted by Crippen LogP contribution is -2.16. The summed E-state index contributed by atoms with van der Waals surface area (Å²) in [6.07, 6.45) is 1.25. The van der Waals surface area contributed by atoms with Crippen molar-refractivity contribution in [2.75, 3.05) is 13.2 Å². The van der Waals surface area contributed by atoms with E-state index in [1.54, 1.807) is 18.2 Å². The Balaban J connectivity index is 1.75. The first kappa shape index (κ1) is 13.1. The Morgan fingerprint density at radius 2 is 2.00 bits per heavy atom. The molecular formula is C16H11NO4. The summed E-state index contributed by atoms with van der Waals surface area (Å²) >= 11 is 0. The number of rotatable bonds is 4. The molecule has 0 aliphatic carbocycles. The van der Waals surface area contributed by atoms with Gasteiger partial charge < -0.3 is 9.47 Å². The Hall–Kier alpha value is -2.87. The van der Waals surface area contributed by atoms with Crippen molar-refractivity contribution in [3.05, 3.63) is 53.9 Å². The molecule has 3 rings (SSSR count). The number of ether oxygens (including phenoxy) is 2. The molecule has 1 aromatic carbocycles. The molecule has 0 bridgehead atoms. The van der Waals surface area contributed by atoms with Gasteiger partial charge >= 0.3 is 0 Å². The molecule has 2 aromatic rings. The lowest BCUT2D eigenvalue weighted by Gasteiger charge is -2.16. The Morgan fingerprint density at radius 3 is 2.81 bits per heavy atom. The van der Waals surface area contributed by atoms with Crippen molar-refractivity contribution in [3.63, 3.8) is 0 Å². The predicted molar refractivity (Wildman–Crippen MR) is 72.6 cm³/mol. The number of fused-ring (bicyclic) bond motifs is 1. The first-order valence-corrected chi connectivity index (χ1v) is 6.45. The van der Waals surface area contributed by atoms with Crippen LogP contribution in [0.4, 0.5) is 0 Å². The Kier molecular flexibility index (Phi) is 3.52. The maximum Gasteiger partial charge on any atom is 0.213 e. The number of hydrogen-bond acceptors (Lipinski definition) is 5. The summed E-state index contributed by atoms with van der Waals surface area (Å²) in [7, 11) is 0. The van der Waals surface area contributed by atoms with Crippen LogP contribution in [0.1, 0.15) is 27.3 Å². The minimum atomic E-state index is -0.348. The number of nitrogens with zero attached hydrogens (tertiary/aromatic N) is 1. The molecule has 0 saturated carbocycles. The lowest BCUT2D eigenvalue weighted by atomic mass is 10.1. The van der Waals surface area contributed by atoms with Crippen molar-refractivity contribution in [2.24, 2.45) is 0 Å². The highest BCUT2D eigenvalue weighted by atomic mass is 16.6. The molecule has 2 heterocycles. The standard InChI is InChI=1S/C16H11NO4/c18-13(10-14(19)12-3-1-2-6-17-12)11-4-5-15-16(9-11)21-8-7-20-15/h1-3,6,9H,7-8,10H2. The second kappa shape index (κ2) is 5.63. The van der Waals surface area contributed by atoms with Gasteiger partial charge in [0.2, 0.25) is 5.75 Å². The summed E-state index contributed by atoms with van der Waals surface area (Å²) in [5.41, 5.74) is 0.524. The molecule has 0 amide bonds. The summed E-state index contributed by atoms with van der Waals surface area (Å²) < 4.78 is 10.7. The number of hydrogen-bond donors (Lipinski definition) is 0. The summed E-state index contributed by atoms with van der Waals surface area (Å²) in [6, 6.07) is 12.0. The normalized spacial score (nSPS) is 12.4. The fourth-order valence-corrected chi connectivity index (χ4v) is 1.94. The van der Waals surface area contributed by atoms with E-state index in [0.29, 0.717) is 24.7 Å². The van der Waals surface area contributed by atoms with Crippen molar-refractivity contribution in [1.82, 2.24) is 4.98 Å². The maximum absolute atomic E-state index is 12.1. The summed E-state index contributed by atoms with van der Waals surface area (Å²) in [5.74, 6) is 0.213. The predicted octanol–water partition coefficient (Wildman–Crippen LogP) is 1.91. The fourth-order valence-electron chi connectivity index (χ4n) is 1.94. The second-order valence-corrected chi connectivity index (χ2v) is 4.44. The van der Waals surface area contributed by atoms with E-state index in [1.807, 2.05) is 0 Å². The highest BCUT2D eigenvalue weighted by Crippen LogP contribution is 2.28. The molecule has 0 unspecified atom stereocenters. The highest BCUT2D eigenvalue weighted by Gasteiger charge is 2.18. The van der Waals surface area contributed by atoms with Crippen LogP contribution in [0.25, 0.3) is 0 Å². The van der Waals surface area contributed by atoms with Gasteiger partial charge in [-0.05, 0) is 18.2 Å². The van der Waals surface area contributed by atoms with Gasteiger partial charge in [0, 0.05) is 12.3 Å². The van der Waals surface area contributed by atoms with E-state index < -0.39 is 0 Å². The van der Waals surface area contributed by atoms with E-state index in [-0.39, 0.29) is 29.2 Å². The average Bonchev–Trinajstić information content (AvgIpc) is 2.55. The first-order chi connectivity index (χ1) is 10.2. The molecule has 21 heavy (non-hydrogen) atoms. The van der Waals surface area contributed by atoms with Gasteiger partial charge in [-0.15, -0.1) is 0 Å². The maximum atomic E-state index is 12.1. The zero-order valence-electron chi connectivity index (χ0n) is 11.1. The van der Waals surface area contributed by atoms with E-state index in [1.165, 1.54) is 12.3 Å². The van der Waals surface area contributed by atoms with Crippen molar-refractivity contribution < 1.29 is 19.1 Å². The number of Topliss-reactive ketones (excluding diaryl/α,β-unsaturated/α-hetero) is 2. The zero-order chi connectivity index (χ0) is 14.7. The van der Waals surface area contributed by atoms with Gasteiger partial charge in [-0.25, -0.2) is 0 Å². The molecule has 104 valence electrons. The Bertz CT molecular complexity index is 682. The minimum absolute atomic E-state index is 0.253. The van der Waals surface area contributed by atoms with Gasteiger partial charge in [0.25, 0.3) is 0 Å². The van der Waals surface area contributed by atoms with Crippen LogP contribution in [-0.4, -0.2) is 29.8 Å². The first-order valence-electron chi connectivity index (χ1n) is 6.45. The van der Waals surface area contributed by atoms with Gasteiger partial charge in [0.15, 0.2) is 17.3 Å². The third kappa shape index (κ3) is 2.84. The number of ketones is 2. The summed E-state index contributed by atoms with van der Waals surface area (Å²) in [6.45, 7) is 0.869. The fraction of sp³-hybridized carbons (Fsp3) is 0.188. The van der Waals surface area contributed by atoms with E-state index in [9.17, 15) is 9.59 Å². The lowest BCUT2D eigenvalue weighted by molar-refractivity contribution is 0.0891. The Morgan fingerprint density at radius 1 is 1.14 bits per heavy atom. The van der Waals surface area contributed by atoms with Crippen molar-refractivity contribution in [2.45, 2.75) is 6.42 Å². The number of aromatic nitrogens is 1. The molecule has 0 fully saturated rings. The van der Waals surface area contributed by atoms with Crippen molar-refractivity contribution in [3.8, 4) is 11.5 Å². The van der Waals surface area contributed by atoms with Crippen LogP contribution < -0.4 is 9.47 Å². The molecule has 0 saturated heterocycles. The third-order valence-electron chi connectivity index (χ3n) is 2.97. The van der Waals surface area contributed by atoms with Gasteiger partial charge in [0.1, 0.15) is 18.9 Å². The van der Waals surface area contributed by atoms with Crippen LogP contribution in [0, 0.1) is 12.1 Å². The molecule has 5 heteroatoms.